The van der Waals surface area contributed by atoms with Crippen LogP contribution in [0.5, 0.6) is 0 Å². The number of aliphatic hydroxyl groups is 2. The monoisotopic (exact) mass is 880 g/mol. The summed E-state index contributed by atoms with van der Waals surface area (Å²) >= 11 is 0. The molecule has 0 aliphatic rings. The number of ether oxygens (including phenoxy) is 1. The van der Waals surface area contributed by atoms with Crippen LogP contribution in [0.3, 0.4) is 0 Å². The van der Waals surface area contributed by atoms with Gasteiger partial charge in [-0.2, -0.15) is 0 Å². The molecule has 0 bridgehead atoms. The molecule has 364 valence electrons. The zero-order valence-corrected chi connectivity index (χ0v) is 41.4. The van der Waals surface area contributed by atoms with Crippen LogP contribution >= 0.6 is 0 Å². The zero-order chi connectivity index (χ0) is 45.9. The first kappa shape index (κ1) is 60.3. The van der Waals surface area contributed by atoms with Gasteiger partial charge in [0.25, 0.3) is 0 Å². The minimum absolute atomic E-state index is 0.0592. The Morgan fingerprint density at radius 2 is 0.857 bits per heavy atom. The maximum atomic E-state index is 13.2. The van der Waals surface area contributed by atoms with Crippen molar-refractivity contribution in [2.24, 2.45) is 0 Å². The van der Waals surface area contributed by atoms with E-state index in [1.165, 1.54) is 135 Å². The van der Waals surface area contributed by atoms with Crippen LogP contribution in [0.1, 0.15) is 252 Å². The van der Waals surface area contributed by atoms with Crippen molar-refractivity contribution in [1.29, 1.82) is 0 Å². The van der Waals surface area contributed by atoms with Crippen LogP contribution in [0.2, 0.25) is 0 Å². The van der Waals surface area contributed by atoms with E-state index in [4.69, 9.17) is 4.74 Å². The lowest BCUT2D eigenvalue weighted by molar-refractivity contribution is -0.151. The second-order valence-corrected chi connectivity index (χ2v) is 18.1. The summed E-state index contributed by atoms with van der Waals surface area (Å²) in [6, 6.07) is -0.712. The highest BCUT2D eigenvalue weighted by atomic mass is 16.5. The van der Waals surface area contributed by atoms with Crippen LogP contribution in [0.25, 0.3) is 0 Å². The van der Waals surface area contributed by atoms with Crippen molar-refractivity contribution in [2.45, 2.75) is 270 Å². The largest absolute Gasteiger partial charge is 0.462 e. The fourth-order valence-electron chi connectivity index (χ4n) is 7.93. The molecule has 6 nitrogen and oxygen atoms in total. The van der Waals surface area contributed by atoms with Crippen molar-refractivity contribution >= 4 is 11.9 Å². The molecule has 0 aliphatic heterocycles. The van der Waals surface area contributed by atoms with Gasteiger partial charge >= 0.3 is 5.97 Å². The van der Waals surface area contributed by atoms with E-state index in [9.17, 15) is 19.8 Å². The van der Waals surface area contributed by atoms with Crippen molar-refractivity contribution in [3.8, 4) is 0 Å². The Morgan fingerprint density at radius 3 is 1.29 bits per heavy atom. The van der Waals surface area contributed by atoms with Gasteiger partial charge < -0.3 is 20.3 Å². The van der Waals surface area contributed by atoms with Crippen LogP contribution in [-0.2, 0) is 14.3 Å². The average Bonchev–Trinajstić information content (AvgIpc) is 3.28. The van der Waals surface area contributed by atoms with E-state index in [-0.39, 0.29) is 24.9 Å². The van der Waals surface area contributed by atoms with Gasteiger partial charge in [0.2, 0.25) is 5.91 Å². The second kappa shape index (κ2) is 50.3. The molecule has 1 amide bonds. The maximum absolute atomic E-state index is 13.2. The van der Waals surface area contributed by atoms with Crippen molar-refractivity contribution in [3.63, 3.8) is 0 Å². The van der Waals surface area contributed by atoms with Gasteiger partial charge in [0.05, 0.1) is 25.2 Å². The molecule has 0 aromatic rings. The molecule has 0 radical (unpaired) electrons. The van der Waals surface area contributed by atoms with E-state index < -0.39 is 18.2 Å². The van der Waals surface area contributed by atoms with Gasteiger partial charge in [-0.05, 0) is 44.9 Å². The van der Waals surface area contributed by atoms with Gasteiger partial charge in [-0.15, -0.1) is 0 Å². The number of amides is 1. The summed E-state index contributed by atoms with van der Waals surface area (Å²) in [6.07, 6.45) is 63.9. The molecule has 0 aromatic heterocycles. The topological polar surface area (TPSA) is 95.9 Å². The molecule has 63 heavy (non-hydrogen) atoms. The van der Waals surface area contributed by atoms with Crippen LogP contribution in [-0.4, -0.2) is 46.9 Å². The molecular weight excluding hydrogens is 779 g/mol. The quantitative estimate of drug-likeness (QED) is 0.0321. The average molecular weight is 880 g/mol. The molecular formula is C57H101NO5. The lowest BCUT2D eigenvalue weighted by atomic mass is 10.0. The summed E-state index contributed by atoms with van der Waals surface area (Å²) in [5, 5.41) is 23.8. The molecule has 0 fully saturated rings. The van der Waals surface area contributed by atoms with E-state index in [1.807, 2.05) is 48.6 Å². The molecule has 0 rings (SSSR count). The Balaban J connectivity index is 4.67. The minimum Gasteiger partial charge on any atom is -0.462 e. The number of carbonyl (C=O) groups is 2. The number of carbonyl (C=O) groups excluding carboxylic acids is 2. The minimum atomic E-state index is -0.797. The molecule has 6 heteroatoms. The van der Waals surface area contributed by atoms with Gasteiger partial charge in [-0.1, -0.05) is 267 Å². The predicted molar refractivity (Wildman–Crippen MR) is 273 cm³/mol. The molecule has 0 spiro atoms. The molecule has 3 unspecified atom stereocenters. The summed E-state index contributed by atoms with van der Waals surface area (Å²) in [6.45, 7) is 6.34. The normalized spacial score (nSPS) is 13.8. The third-order valence-corrected chi connectivity index (χ3v) is 12.0. The lowest BCUT2D eigenvalue weighted by Gasteiger charge is -2.24. The molecule has 3 atom stereocenters. The van der Waals surface area contributed by atoms with Gasteiger partial charge in [0.1, 0.15) is 6.10 Å². The SMILES string of the molecule is CC\C=C/C=C/C=C/C=C\C=C\C=C\CCCCCC(=O)OC(CCCCCCCCCCCCCCCCCC)CC(=O)NC(CO)C(O)CCCCCCCCCCCCC. The highest BCUT2D eigenvalue weighted by Crippen LogP contribution is 2.18. The second-order valence-electron chi connectivity index (χ2n) is 18.1. The van der Waals surface area contributed by atoms with Crippen molar-refractivity contribution in [2.75, 3.05) is 6.61 Å². The van der Waals surface area contributed by atoms with E-state index in [1.54, 1.807) is 0 Å². The molecule has 0 aromatic carbocycles. The Kier molecular flexibility index (Phi) is 48.1. The number of esters is 1. The fourth-order valence-corrected chi connectivity index (χ4v) is 7.93. The highest BCUT2D eigenvalue weighted by molar-refractivity contribution is 5.77. The molecule has 0 heterocycles. The number of unbranched alkanes of at least 4 members (excludes halogenated alkanes) is 28. The van der Waals surface area contributed by atoms with Crippen LogP contribution in [0.4, 0.5) is 0 Å². The first-order valence-corrected chi connectivity index (χ1v) is 26.7. The third kappa shape index (κ3) is 45.7. The molecule has 0 saturated carbocycles. The van der Waals surface area contributed by atoms with Crippen molar-refractivity contribution in [1.82, 2.24) is 5.32 Å². The first-order valence-electron chi connectivity index (χ1n) is 26.7. The summed E-state index contributed by atoms with van der Waals surface area (Å²) in [7, 11) is 0. The van der Waals surface area contributed by atoms with E-state index >= 15 is 0 Å². The number of rotatable bonds is 47. The number of allylic oxidation sites excluding steroid dienone is 12. The Hall–Kier alpha value is -2.70. The van der Waals surface area contributed by atoms with E-state index in [0.29, 0.717) is 19.3 Å². The Morgan fingerprint density at radius 1 is 0.476 bits per heavy atom. The molecule has 0 aliphatic carbocycles. The van der Waals surface area contributed by atoms with Gasteiger partial charge in [0.15, 0.2) is 0 Å². The standard InChI is InChI=1S/C57H101NO5/c1-4-7-10-13-16-19-22-24-26-28-30-32-35-38-41-44-47-50-57(62)63-53(48-45-42-39-36-34-31-29-27-25-23-20-17-14-11-8-5-2)51-56(61)58-54(52-59)55(60)49-46-43-40-37-33-21-18-15-12-9-6-3/h7,10,13,16,19,22,24,26,28,30,32,35,53-55,59-60H,4-6,8-9,11-12,14-15,17-18,20-21,23,25,27,29,31,33-34,36-52H2,1-3H3,(H,58,61)/b10-7-,16-13+,22-19+,26-24-,30-28+,35-32+. The van der Waals surface area contributed by atoms with Crippen molar-refractivity contribution < 1.29 is 24.5 Å². The van der Waals surface area contributed by atoms with Gasteiger partial charge in [-0.3, -0.25) is 9.59 Å². The van der Waals surface area contributed by atoms with E-state index in [2.05, 4.69) is 50.4 Å². The fraction of sp³-hybridized carbons (Fsp3) is 0.754. The molecule has 3 N–H and O–H groups in total. The third-order valence-electron chi connectivity index (χ3n) is 12.0. The summed E-state index contributed by atoms with van der Waals surface area (Å²) in [5.74, 6) is -0.520. The van der Waals surface area contributed by atoms with Crippen molar-refractivity contribution in [3.05, 3.63) is 72.9 Å². The number of hydrogen-bond donors (Lipinski definition) is 3. The van der Waals surface area contributed by atoms with Crippen LogP contribution in [0, 0.1) is 0 Å². The zero-order valence-electron chi connectivity index (χ0n) is 41.4. The number of hydrogen-bond acceptors (Lipinski definition) is 5. The number of nitrogens with one attached hydrogen (secondary N) is 1. The lowest BCUT2D eigenvalue weighted by Crippen LogP contribution is -2.46. The van der Waals surface area contributed by atoms with Gasteiger partial charge in [-0.25, -0.2) is 0 Å². The summed E-state index contributed by atoms with van der Waals surface area (Å²) in [5.41, 5.74) is 0. The molecule has 0 saturated heterocycles. The van der Waals surface area contributed by atoms with Crippen LogP contribution in [0.15, 0.2) is 72.9 Å². The number of aliphatic hydroxyl groups excluding tert-OH is 2. The van der Waals surface area contributed by atoms with Crippen LogP contribution < -0.4 is 5.32 Å². The smallest absolute Gasteiger partial charge is 0.306 e. The maximum Gasteiger partial charge on any atom is 0.306 e. The Labute approximate surface area is 390 Å². The highest BCUT2D eigenvalue weighted by Gasteiger charge is 2.24. The summed E-state index contributed by atoms with van der Waals surface area (Å²) in [4.78, 5) is 26.2. The van der Waals surface area contributed by atoms with Gasteiger partial charge in [0, 0.05) is 6.42 Å². The van der Waals surface area contributed by atoms with E-state index in [0.717, 1.165) is 70.6 Å². The summed E-state index contributed by atoms with van der Waals surface area (Å²) < 4.78 is 5.93. The predicted octanol–water partition coefficient (Wildman–Crippen LogP) is 16.2. The Bertz CT molecular complexity index is 1170. The first-order chi connectivity index (χ1) is 31.0.